The quantitative estimate of drug-likeness (QED) is 0.755. The van der Waals surface area contributed by atoms with Crippen molar-refractivity contribution in [2.45, 2.75) is 25.9 Å². The molecule has 0 aliphatic carbocycles. The zero-order valence-electron chi connectivity index (χ0n) is 16.8. The number of rotatable bonds is 5. The average Bonchev–Trinajstić information content (AvgIpc) is 2.68. The van der Waals surface area contributed by atoms with Crippen molar-refractivity contribution in [1.29, 1.82) is 0 Å². The van der Waals surface area contributed by atoms with Crippen molar-refractivity contribution in [3.05, 3.63) is 41.9 Å². The van der Waals surface area contributed by atoms with Gasteiger partial charge in [0, 0.05) is 12.5 Å². The van der Waals surface area contributed by atoms with E-state index < -0.39 is 17.8 Å². The molecule has 10 heteroatoms. The van der Waals surface area contributed by atoms with Crippen LogP contribution in [0.2, 0.25) is 0 Å². The van der Waals surface area contributed by atoms with Crippen molar-refractivity contribution in [3.8, 4) is 5.75 Å². The fourth-order valence-electron chi connectivity index (χ4n) is 3.27. The Morgan fingerprint density at radius 3 is 2.73 bits per heavy atom. The van der Waals surface area contributed by atoms with Crippen LogP contribution in [0, 0.1) is 12.8 Å². The molecule has 1 aliphatic rings. The summed E-state index contributed by atoms with van der Waals surface area (Å²) in [6, 6.07) is 2.30. The summed E-state index contributed by atoms with van der Waals surface area (Å²) in [5, 5.41) is 4.88. The number of amides is 2. The van der Waals surface area contributed by atoms with Crippen LogP contribution in [0.3, 0.4) is 0 Å². The molecule has 2 aromatic rings. The lowest BCUT2D eigenvalue weighted by Gasteiger charge is -2.29. The maximum absolute atomic E-state index is 13.1. The Kier molecular flexibility index (Phi) is 6.76. The van der Waals surface area contributed by atoms with E-state index in [0.29, 0.717) is 12.3 Å². The zero-order valence-corrected chi connectivity index (χ0v) is 16.8. The molecule has 0 saturated carbocycles. The third-order valence-electron chi connectivity index (χ3n) is 4.77. The number of carbonyl (C=O) groups excluding carboxylic acids is 1. The number of nitrogens with zero attached hydrogens (tertiary/aromatic N) is 3. The third kappa shape index (κ3) is 6.06. The van der Waals surface area contributed by atoms with Gasteiger partial charge >= 0.3 is 12.2 Å². The number of ether oxygens (including phenoxy) is 1. The minimum absolute atomic E-state index is 0.0634. The van der Waals surface area contributed by atoms with Crippen LogP contribution in [-0.2, 0) is 6.18 Å². The molecule has 162 valence electrons. The van der Waals surface area contributed by atoms with Crippen LogP contribution in [0.5, 0.6) is 5.75 Å². The molecule has 2 N–H and O–H groups in total. The van der Waals surface area contributed by atoms with E-state index in [1.54, 1.807) is 6.92 Å². The summed E-state index contributed by atoms with van der Waals surface area (Å²) in [6.45, 7) is 3.98. The minimum Gasteiger partial charge on any atom is -0.491 e. The molecule has 1 fully saturated rings. The number of carbonyl (C=O) groups is 1. The second-order valence-electron chi connectivity index (χ2n) is 7.41. The molecule has 1 unspecified atom stereocenters. The van der Waals surface area contributed by atoms with Gasteiger partial charge in [-0.25, -0.2) is 9.78 Å². The number of nitrogens with one attached hydrogen (secondary N) is 2. The standard InChI is InChI=1S/C20H24F3N5O2/c1-13-9-25-18(10-24-13)27-19(29)26-16-8-15(20(21,22)23)5-6-17(16)30-12-14-4-3-7-28(2)11-14/h5-6,8-10,14H,3-4,7,11-12H2,1-2H3,(H2,25,26,27,29). The molecule has 1 atom stereocenters. The van der Waals surface area contributed by atoms with Gasteiger partial charge in [0.1, 0.15) is 5.75 Å². The van der Waals surface area contributed by atoms with E-state index in [9.17, 15) is 18.0 Å². The Labute approximate surface area is 172 Å². The molecule has 2 heterocycles. The number of benzene rings is 1. The van der Waals surface area contributed by atoms with Crippen LogP contribution < -0.4 is 15.4 Å². The predicted molar refractivity (Wildman–Crippen MR) is 107 cm³/mol. The van der Waals surface area contributed by atoms with Gasteiger partial charge in [0.25, 0.3) is 0 Å². The summed E-state index contributed by atoms with van der Waals surface area (Å²) < 4.78 is 45.2. The average molecular weight is 423 g/mol. The summed E-state index contributed by atoms with van der Waals surface area (Å²) in [5.41, 5.74) is -0.271. The SMILES string of the molecule is Cc1cnc(NC(=O)Nc2cc(C(F)(F)F)ccc2OCC2CCCN(C)C2)cn1. The van der Waals surface area contributed by atoms with Crippen molar-refractivity contribution < 1.29 is 22.7 Å². The molecule has 0 spiro atoms. The van der Waals surface area contributed by atoms with Crippen molar-refractivity contribution >= 4 is 17.5 Å². The molecule has 1 aliphatic heterocycles. The number of piperidine rings is 1. The largest absolute Gasteiger partial charge is 0.491 e. The van der Waals surface area contributed by atoms with E-state index in [0.717, 1.165) is 38.1 Å². The fraction of sp³-hybridized carbons (Fsp3) is 0.450. The molecular weight excluding hydrogens is 399 g/mol. The second kappa shape index (κ2) is 9.29. The maximum atomic E-state index is 13.1. The lowest BCUT2D eigenvalue weighted by Crippen LogP contribution is -2.34. The number of halogens is 3. The zero-order chi connectivity index (χ0) is 21.7. The smallest absolute Gasteiger partial charge is 0.416 e. The first-order valence-corrected chi connectivity index (χ1v) is 9.60. The van der Waals surface area contributed by atoms with Crippen molar-refractivity contribution in [1.82, 2.24) is 14.9 Å². The van der Waals surface area contributed by atoms with Gasteiger partial charge in [-0.05, 0) is 51.6 Å². The van der Waals surface area contributed by atoms with Crippen LogP contribution >= 0.6 is 0 Å². The van der Waals surface area contributed by atoms with E-state index in [1.165, 1.54) is 18.5 Å². The van der Waals surface area contributed by atoms with Gasteiger partial charge in [0.15, 0.2) is 5.82 Å². The highest BCUT2D eigenvalue weighted by Gasteiger charge is 2.31. The second-order valence-corrected chi connectivity index (χ2v) is 7.41. The first-order valence-electron chi connectivity index (χ1n) is 9.60. The van der Waals surface area contributed by atoms with Gasteiger partial charge in [-0.15, -0.1) is 0 Å². The van der Waals surface area contributed by atoms with Crippen molar-refractivity contribution in [2.24, 2.45) is 5.92 Å². The minimum atomic E-state index is -4.54. The summed E-state index contributed by atoms with van der Waals surface area (Å²) in [5.74, 6) is 0.634. The van der Waals surface area contributed by atoms with Crippen LogP contribution in [0.1, 0.15) is 24.1 Å². The van der Waals surface area contributed by atoms with Crippen molar-refractivity contribution in [3.63, 3.8) is 0 Å². The highest BCUT2D eigenvalue weighted by atomic mass is 19.4. The van der Waals surface area contributed by atoms with E-state index in [2.05, 4.69) is 25.5 Å². The number of likely N-dealkylation sites (tertiary alicyclic amines) is 1. The molecule has 30 heavy (non-hydrogen) atoms. The van der Waals surface area contributed by atoms with Crippen LogP contribution in [0.25, 0.3) is 0 Å². The molecule has 2 amide bonds. The van der Waals surface area contributed by atoms with E-state index in [4.69, 9.17) is 4.74 Å². The highest BCUT2D eigenvalue weighted by Crippen LogP contribution is 2.35. The lowest BCUT2D eigenvalue weighted by atomic mass is 9.99. The fourth-order valence-corrected chi connectivity index (χ4v) is 3.27. The summed E-state index contributed by atoms with van der Waals surface area (Å²) in [6.07, 6.45) is 0.316. The topological polar surface area (TPSA) is 79.4 Å². The Bertz CT molecular complexity index is 874. The van der Waals surface area contributed by atoms with Gasteiger partial charge in [0.05, 0.1) is 35.9 Å². The normalized spacial score (nSPS) is 17.4. The number of aryl methyl sites for hydroxylation is 1. The molecule has 0 radical (unpaired) electrons. The first-order chi connectivity index (χ1) is 14.2. The Morgan fingerprint density at radius 2 is 2.07 bits per heavy atom. The molecule has 3 rings (SSSR count). The lowest BCUT2D eigenvalue weighted by molar-refractivity contribution is -0.137. The molecule has 1 saturated heterocycles. The van der Waals surface area contributed by atoms with Gasteiger partial charge in [0.2, 0.25) is 0 Å². The number of hydrogen-bond donors (Lipinski definition) is 2. The Balaban J connectivity index is 1.73. The van der Waals surface area contributed by atoms with E-state index in [1.807, 2.05) is 7.05 Å². The van der Waals surface area contributed by atoms with Crippen LogP contribution in [-0.4, -0.2) is 47.6 Å². The first kappa shape index (κ1) is 21.8. The number of hydrogen-bond acceptors (Lipinski definition) is 5. The van der Waals surface area contributed by atoms with Gasteiger partial charge < -0.3 is 15.0 Å². The molecule has 0 bridgehead atoms. The number of aromatic nitrogens is 2. The monoisotopic (exact) mass is 423 g/mol. The highest BCUT2D eigenvalue weighted by molar-refractivity contribution is 6.00. The predicted octanol–water partition coefficient (Wildman–Crippen LogP) is 4.17. The Morgan fingerprint density at radius 1 is 1.27 bits per heavy atom. The van der Waals surface area contributed by atoms with E-state index in [-0.39, 0.29) is 23.2 Å². The third-order valence-corrected chi connectivity index (χ3v) is 4.77. The van der Waals surface area contributed by atoms with Crippen LogP contribution in [0.15, 0.2) is 30.6 Å². The molecule has 1 aromatic carbocycles. The molecule has 7 nitrogen and oxygen atoms in total. The molecule has 1 aromatic heterocycles. The summed E-state index contributed by atoms with van der Waals surface area (Å²) in [7, 11) is 2.02. The number of alkyl halides is 3. The summed E-state index contributed by atoms with van der Waals surface area (Å²) in [4.78, 5) is 22.5. The Hall–Kier alpha value is -2.88. The van der Waals surface area contributed by atoms with Gasteiger partial charge in [-0.1, -0.05) is 0 Å². The summed E-state index contributed by atoms with van der Waals surface area (Å²) >= 11 is 0. The van der Waals surface area contributed by atoms with Gasteiger partial charge in [-0.2, -0.15) is 13.2 Å². The number of urea groups is 1. The van der Waals surface area contributed by atoms with Crippen molar-refractivity contribution in [2.75, 3.05) is 37.4 Å². The number of anilines is 2. The van der Waals surface area contributed by atoms with Gasteiger partial charge in [-0.3, -0.25) is 10.3 Å². The van der Waals surface area contributed by atoms with E-state index >= 15 is 0 Å². The molecular formula is C20H24F3N5O2. The van der Waals surface area contributed by atoms with Crippen LogP contribution in [0.4, 0.5) is 29.5 Å². The maximum Gasteiger partial charge on any atom is 0.416 e.